The molecule has 2 amide bonds. The minimum absolute atomic E-state index is 0.0748. The lowest BCUT2D eigenvalue weighted by Gasteiger charge is -2.28. The van der Waals surface area contributed by atoms with Crippen molar-refractivity contribution < 1.29 is 19.1 Å². The first-order valence-corrected chi connectivity index (χ1v) is 17.1. The van der Waals surface area contributed by atoms with Gasteiger partial charge in [0, 0.05) is 26.2 Å². The summed E-state index contributed by atoms with van der Waals surface area (Å²) >= 11 is 0. The van der Waals surface area contributed by atoms with Crippen LogP contribution in [0.2, 0.25) is 0 Å². The topological polar surface area (TPSA) is 59.1 Å². The molecule has 0 saturated heterocycles. The van der Waals surface area contributed by atoms with Gasteiger partial charge in [-0.25, -0.2) is 0 Å². The van der Waals surface area contributed by atoms with E-state index in [-0.39, 0.29) is 35.9 Å². The van der Waals surface area contributed by atoms with Crippen LogP contribution in [0.4, 0.5) is 0 Å². The molecule has 0 aliphatic heterocycles. The van der Waals surface area contributed by atoms with Gasteiger partial charge >= 0.3 is 0 Å². The van der Waals surface area contributed by atoms with Crippen LogP contribution in [0.25, 0.3) is 0 Å². The Balaban J connectivity index is 1.45. The van der Waals surface area contributed by atoms with Gasteiger partial charge < -0.3 is 19.3 Å². The molecule has 0 unspecified atom stereocenters. The van der Waals surface area contributed by atoms with E-state index in [4.69, 9.17) is 9.47 Å². The number of hydrogen-bond acceptors (Lipinski definition) is 4. The zero-order valence-corrected chi connectivity index (χ0v) is 29.6. The van der Waals surface area contributed by atoms with Crippen molar-refractivity contribution >= 4 is 11.8 Å². The van der Waals surface area contributed by atoms with E-state index in [0.29, 0.717) is 37.7 Å². The molecule has 4 aromatic rings. The third kappa shape index (κ3) is 10.5. The maximum absolute atomic E-state index is 13.6. The summed E-state index contributed by atoms with van der Waals surface area (Å²) in [6, 6.07) is 35.8. The molecule has 0 atom stereocenters. The van der Waals surface area contributed by atoms with Crippen LogP contribution in [0.1, 0.15) is 76.6 Å². The molecular weight excluding hydrogens is 596 g/mol. The maximum Gasteiger partial charge on any atom is 0.260 e. The Morgan fingerprint density at radius 2 is 0.854 bits per heavy atom. The highest BCUT2D eigenvalue weighted by Crippen LogP contribution is 2.29. The smallest absolute Gasteiger partial charge is 0.260 e. The summed E-state index contributed by atoms with van der Waals surface area (Å²) in [7, 11) is 0. The Morgan fingerprint density at radius 3 is 1.17 bits per heavy atom. The van der Waals surface area contributed by atoms with Crippen LogP contribution < -0.4 is 9.47 Å². The summed E-state index contributed by atoms with van der Waals surface area (Å²) in [5.41, 5.74) is 4.64. The Hall–Kier alpha value is -4.58. The van der Waals surface area contributed by atoms with E-state index < -0.39 is 0 Å². The lowest BCUT2D eigenvalue weighted by molar-refractivity contribution is -0.138. The predicted molar refractivity (Wildman–Crippen MR) is 194 cm³/mol. The molecule has 6 heteroatoms. The number of amides is 2. The van der Waals surface area contributed by atoms with Gasteiger partial charge in [-0.1, -0.05) is 126 Å². The fraction of sp³-hybridized carbons (Fsp3) is 0.381. The van der Waals surface area contributed by atoms with E-state index in [9.17, 15) is 9.59 Å². The van der Waals surface area contributed by atoms with Gasteiger partial charge in [-0.05, 0) is 70.2 Å². The summed E-state index contributed by atoms with van der Waals surface area (Å²) in [4.78, 5) is 30.8. The molecule has 0 N–H and O–H groups in total. The van der Waals surface area contributed by atoms with Crippen LogP contribution in [0, 0.1) is 0 Å². The highest BCUT2D eigenvalue weighted by molar-refractivity contribution is 5.79. The molecule has 6 nitrogen and oxygen atoms in total. The van der Waals surface area contributed by atoms with Crippen LogP contribution in [-0.2, 0) is 33.5 Å². The summed E-state index contributed by atoms with van der Waals surface area (Å²) in [6.07, 6.45) is 2.06. The molecule has 0 fully saturated rings. The summed E-state index contributed by atoms with van der Waals surface area (Å²) in [6.45, 7) is 14.6. The largest absolute Gasteiger partial charge is 0.484 e. The summed E-state index contributed by atoms with van der Waals surface area (Å²) < 4.78 is 11.9. The normalized spacial score (nSPS) is 11.5. The first kappa shape index (κ1) is 36.3. The van der Waals surface area contributed by atoms with Gasteiger partial charge in [-0.2, -0.15) is 0 Å². The monoisotopic (exact) mass is 648 g/mol. The van der Waals surface area contributed by atoms with Crippen LogP contribution in [-0.4, -0.2) is 47.9 Å². The van der Waals surface area contributed by atoms with E-state index in [1.54, 1.807) is 9.80 Å². The van der Waals surface area contributed by atoms with E-state index in [1.807, 2.05) is 84.9 Å². The average Bonchev–Trinajstić information content (AvgIpc) is 3.11. The number of carbonyl (C=O) groups excluding carboxylic acids is 2. The Kier molecular flexibility index (Phi) is 12.8. The molecule has 0 radical (unpaired) electrons. The number of nitrogens with zero attached hydrogens (tertiary/aromatic N) is 2. The van der Waals surface area contributed by atoms with Gasteiger partial charge in [-0.15, -0.1) is 0 Å². The van der Waals surface area contributed by atoms with Crippen molar-refractivity contribution in [1.29, 1.82) is 0 Å². The van der Waals surface area contributed by atoms with Crippen molar-refractivity contribution in [2.24, 2.45) is 0 Å². The Bertz CT molecular complexity index is 1440. The minimum atomic E-state index is -0.143. The van der Waals surface area contributed by atoms with Gasteiger partial charge in [0.15, 0.2) is 13.2 Å². The van der Waals surface area contributed by atoms with Gasteiger partial charge in [0.1, 0.15) is 11.5 Å². The van der Waals surface area contributed by atoms with E-state index in [0.717, 1.165) is 24.0 Å². The quantitative estimate of drug-likeness (QED) is 0.115. The molecule has 0 aliphatic carbocycles. The van der Waals surface area contributed by atoms with Crippen molar-refractivity contribution in [3.8, 4) is 11.5 Å². The van der Waals surface area contributed by atoms with Crippen molar-refractivity contribution in [3.63, 3.8) is 0 Å². The van der Waals surface area contributed by atoms with E-state index in [2.05, 4.69) is 65.8 Å². The minimum Gasteiger partial charge on any atom is -0.484 e. The average molecular weight is 649 g/mol. The summed E-state index contributed by atoms with van der Waals surface area (Å²) in [5.74, 6) is 1.02. The lowest BCUT2D eigenvalue weighted by Crippen LogP contribution is -2.43. The maximum atomic E-state index is 13.6. The van der Waals surface area contributed by atoms with Gasteiger partial charge in [0.2, 0.25) is 0 Å². The fourth-order valence-electron chi connectivity index (χ4n) is 5.32. The van der Waals surface area contributed by atoms with E-state index >= 15 is 0 Å². The molecule has 0 heterocycles. The van der Waals surface area contributed by atoms with E-state index in [1.165, 1.54) is 11.1 Å². The molecule has 4 aromatic carbocycles. The van der Waals surface area contributed by atoms with Crippen molar-refractivity contribution in [2.75, 3.05) is 26.3 Å². The zero-order chi connectivity index (χ0) is 34.6. The molecular formula is C42H52N2O4. The molecule has 0 bridgehead atoms. The first-order chi connectivity index (χ1) is 23.0. The number of carbonyl (C=O) groups is 2. The predicted octanol–water partition coefficient (Wildman–Crippen LogP) is 8.58. The van der Waals surface area contributed by atoms with Crippen LogP contribution in [0.3, 0.4) is 0 Å². The fourth-order valence-corrected chi connectivity index (χ4v) is 5.32. The van der Waals surface area contributed by atoms with Gasteiger partial charge in [0.25, 0.3) is 11.8 Å². The standard InChI is InChI=1S/C42H52N2O4/c1-7-41(3,4)35-19-23-37(24-20-35)47-31-39(45)43(29-33-15-11-9-12-16-33)27-28-44(30-34-17-13-10-14-18-34)40(46)32-48-38-25-21-36(22-26-38)42(5,6)8-2/h9-26H,7-8,27-32H2,1-6H3. The van der Waals surface area contributed by atoms with Crippen molar-refractivity contribution in [2.45, 2.75) is 78.3 Å². The third-order valence-electron chi connectivity index (χ3n) is 9.54. The number of benzene rings is 4. The Morgan fingerprint density at radius 1 is 0.521 bits per heavy atom. The highest BCUT2D eigenvalue weighted by Gasteiger charge is 2.22. The number of rotatable bonds is 17. The molecule has 0 spiro atoms. The molecule has 254 valence electrons. The molecule has 48 heavy (non-hydrogen) atoms. The second kappa shape index (κ2) is 17.0. The summed E-state index contributed by atoms with van der Waals surface area (Å²) in [5, 5.41) is 0. The molecule has 0 saturated carbocycles. The van der Waals surface area contributed by atoms with Crippen LogP contribution >= 0.6 is 0 Å². The van der Waals surface area contributed by atoms with Crippen LogP contribution in [0.5, 0.6) is 11.5 Å². The second-order valence-corrected chi connectivity index (χ2v) is 13.7. The van der Waals surface area contributed by atoms with Crippen molar-refractivity contribution in [3.05, 3.63) is 131 Å². The number of hydrogen-bond donors (Lipinski definition) is 0. The Labute approximate surface area is 287 Å². The molecule has 0 aliphatic rings. The van der Waals surface area contributed by atoms with Gasteiger partial charge in [0.05, 0.1) is 0 Å². The van der Waals surface area contributed by atoms with Crippen molar-refractivity contribution in [1.82, 2.24) is 9.80 Å². The zero-order valence-electron chi connectivity index (χ0n) is 29.6. The second-order valence-electron chi connectivity index (χ2n) is 13.7. The highest BCUT2D eigenvalue weighted by atomic mass is 16.5. The van der Waals surface area contributed by atoms with Crippen LogP contribution in [0.15, 0.2) is 109 Å². The SMILES string of the molecule is CCC(C)(C)c1ccc(OCC(=O)N(CCN(Cc2ccccc2)C(=O)COc2ccc(C(C)(C)CC)cc2)Cc2ccccc2)cc1. The lowest BCUT2D eigenvalue weighted by atomic mass is 9.82. The third-order valence-corrected chi connectivity index (χ3v) is 9.54. The number of ether oxygens (including phenoxy) is 2. The molecule has 4 rings (SSSR count). The molecule has 0 aromatic heterocycles. The first-order valence-electron chi connectivity index (χ1n) is 17.1. The van der Waals surface area contributed by atoms with Gasteiger partial charge in [-0.3, -0.25) is 9.59 Å².